The van der Waals surface area contributed by atoms with Gasteiger partial charge >= 0.3 is 5.97 Å². The topological polar surface area (TPSA) is 110 Å². The first-order valence-electron chi connectivity index (χ1n) is 6.17. The maximum Gasteiger partial charge on any atom is 0.303 e. The third-order valence-electron chi connectivity index (χ3n) is 2.75. The van der Waals surface area contributed by atoms with Crippen LogP contribution in [0.25, 0.3) is 0 Å². The Labute approximate surface area is 115 Å². The van der Waals surface area contributed by atoms with Gasteiger partial charge in [0.1, 0.15) is 0 Å². The summed E-state index contributed by atoms with van der Waals surface area (Å²) >= 11 is 0. The molecule has 0 spiro atoms. The Kier molecular flexibility index (Phi) is 5.64. The molecule has 108 valence electrons. The fourth-order valence-electron chi connectivity index (χ4n) is 1.63. The van der Waals surface area contributed by atoms with E-state index in [9.17, 15) is 19.7 Å². The van der Waals surface area contributed by atoms with Crippen molar-refractivity contribution in [3.05, 3.63) is 33.9 Å². The number of aryl methyl sites for hydroxylation is 1. The maximum atomic E-state index is 11.7. The maximum absolute atomic E-state index is 11.7. The van der Waals surface area contributed by atoms with Gasteiger partial charge in [-0.25, -0.2) is 0 Å². The quantitative estimate of drug-likeness (QED) is 0.453. The zero-order chi connectivity index (χ0) is 15.1. The second kappa shape index (κ2) is 7.22. The molecule has 0 atom stereocenters. The Bertz CT molecular complexity index is 527. The number of carboxylic acids is 1. The standard InChI is InChI=1S/C13H16N2O5/c1-9-6-7-10(15(19)20)8-11(9)14-12(16)4-2-3-5-13(17)18/h6-8H,2-5H2,1H3,(H,14,16)(H,17,18). The van der Waals surface area contributed by atoms with Gasteiger partial charge in [0.2, 0.25) is 5.91 Å². The molecule has 1 aromatic carbocycles. The number of carbonyl (C=O) groups is 2. The van der Waals surface area contributed by atoms with Crippen molar-refractivity contribution in [3.8, 4) is 0 Å². The van der Waals surface area contributed by atoms with Gasteiger partial charge in [-0.3, -0.25) is 19.7 Å². The van der Waals surface area contributed by atoms with Crippen LogP contribution in [0.1, 0.15) is 31.2 Å². The number of aliphatic carboxylic acids is 1. The van der Waals surface area contributed by atoms with Crippen LogP contribution in [0, 0.1) is 17.0 Å². The summed E-state index contributed by atoms with van der Waals surface area (Å²) in [6.45, 7) is 1.74. The average molecular weight is 280 g/mol. The van der Waals surface area contributed by atoms with Crippen LogP contribution in [-0.2, 0) is 9.59 Å². The lowest BCUT2D eigenvalue weighted by Crippen LogP contribution is -2.12. The minimum absolute atomic E-state index is 0.0309. The third kappa shape index (κ3) is 5.05. The van der Waals surface area contributed by atoms with Crippen molar-refractivity contribution < 1.29 is 19.6 Å². The zero-order valence-electron chi connectivity index (χ0n) is 11.1. The van der Waals surface area contributed by atoms with E-state index < -0.39 is 10.9 Å². The predicted octanol–water partition coefficient (Wildman–Crippen LogP) is 2.49. The van der Waals surface area contributed by atoms with Gasteiger partial charge in [0, 0.05) is 25.0 Å². The largest absolute Gasteiger partial charge is 0.481 e. The molecular weight excluding hydrogens is 264 g/mol. The summed E-state index contributed by atoms with van der Waals surface area (Å²) in [7, 11) is 0. The fraction of sp³-hybridized carbons (Fsp3) is 0.385. The molecule has 20 heavy (non-hydrogen) atoms. The van der Waals surface area contributed by atoms with Crippen LogP contribution in [-0.4, -0.2) is 21.9 Å². The van der Waals surface area contributed by atoms with E-state index in [1.54, 1.807) is 13.0 Å². The lowest BCUT2D eigenvalue weighted by atomic mass is 10.1. The van der Waals surface area contributed by atoms with Crippen LogP contribution in [0.5, 0.6) is 0 Å². The number of unbranched alkanes of at least 4 members (excludes halogenated alkanes) is 1. The van der Waals surface area contributed by atoms with Gasteiger partial charge in [0.15, 0.2) is 0 Å². The normalized spacial score (nSPS) is 10.1. The first kappa shape index (κ1) is 15.6. The van der Waals surface area contributed by atoms with Gasteiger partial charge in [-0.15, -0.1) is 0 Å². The number of carboxylic acid groups (broad SMARTS) is 1. The molecule has 0 aliphatic heterocycles. The first-order chi connectivity index (χ1) is 9.40. The summed E-state index contributed by atoms with van der Waals surface area (Å²) in [6.07, 6.45) is 1.11. The van der Waals surface area contributed by atoms with E-state index in [-0.39, 0.29) is 24.4 Å². The number of nitrogens with one attached hydrogen (secondary N) is 1. The Hall–Kier alpha value is -2.44. The molecule has 0 aromatic heterocycles. The Morgan fingerprint density at radius 3 is 2.55 bits per heavy atom. The lowest BCUT2D eigenvalue weighted by Gasteiger charge is -2.08. The SMILES string of the molecule is Cc1ccc([N+](=O)[O-])cc1NC(=O)CCCCC(=O)O. The van der Waals surface area contributed by atoms with Crippen molar-refractivity contribution in [1.29, 1.82) is 0 Å². The molecule has 7 heteroatoms. The summed E-state index contributed by atoms with van der Waals surface area (Å²) < 4.78 is 0. The highest BCUT2D eigenvalue weighted by atomic mass is 16.6. The number of hydrogen-bond acceptors (Lipinski definition) is 4. The van der Waals surface area contributed by atoms with E-state index in [1.165, 1.54) is 12.1 Å². The summed E-state index contributed by atoms with van der Waals surface area (Å²) in [6, 6.07) is 4.25. The van der Waals surface area contributed by atoms with Gasteiger partial charge in [0.25, 0.3) is 5.69 Å². The highest BCUT2D eigenvalue weighted by molar-refractivity contribution is 5.91. The Balaban J connectivity index is 2.55. The van der Waals surface area contributed by atoms with Gasteiger partial charge < -0.3 is 10.4 Å². The molecule has 0 unspecified atom stereocenters. The number of anilines is 1. The number of non-ortho nitro benzene ring substituents is 1. The van der Waals surface area contributed by atoms with Crippen molar-refractivity contribution in [3.63, 3.8) is 0 Å². The van der Waals surface area contributed by atoms with Crippen LogP contribution in [0.2, 0.25) is 0 Å². The monoisotopic (exact) mass is 280 g/mol. The second-order valence-corrected chi connectivity index (χ2v) is 4.41. The molecule has 1 rings (SSSR count). The summed E-state index contributed by atoms with van der Waals surface area (Å²) in [5.74, 6) is -1.17. The molecule has 0 bridgehead atoms. The van der Waals surface area contributed by atoms with Crippen LogP contribution >= 0.6 is 0 Å². The van der Waals surface area contributed by atoms with Crippen LogP contribution < -0.4 is 5.32 Å². The molecule has 0 saturated carbocycles. The molecule has 7 nitrogen and oxygen atoms in total. The number of hydrogen-bond donors (Lipinski definition) is 2. The molecular formula is C13H16N2O5. The van der Waals surface area contributed by atoms with Crippen LogP contribution in [0.3, 0.4) is 0 Å². The number of nitrogens with zero attached hydrogens (tertiary/aromatic N) is 1. The van der Waals surface area contributed by atoms with Crippen molar-refractivity contribution >= 4 is 23.3 Å². The predicted molar refractivity (Wildman–Crippen MR) is 72.6 cm³/mol. The first-order valence-corrected chi connectivity index (χ1v) is 6.17. The smallest absolute Gasteiger partial charge is 0.303 e. The molecule has 1 amide bonds. The van der Waals surface area contributed by atoms with E-state index in [4.69, 9.17) is 5.11 Å². The molecule has 0 radical (unpaired) electrons. The highest BCUT2D eigenvalue weighted by Gasteiger charge is 2.11. The highest BCUT2D eigenvalue weighted by Crippen LogP contribution is 2.22. The minimum Gasteiger partial charge on any atom is -0.481 e. The number of carbonyl (C=O) groups excluding carboxylic acids is 1. The van der Waals surface area contributed by atoms with Gasteiger partial charge in [-0.05, 0) is 25.3 Å². The van der Waals surface area contributed by atoms with E-state index in [0.29, 0.717) is 18.5 Å². The van der Waals surface area contributed by atoms with Crippen molar-refractivity contribution in [2.75, 3.05) is 5.32 Å². The van der Waals surface area contributed by atoms with Crippen molar-refractivity contribution in [2.24, 2.45) is 0 Å². The summed E-state index contributed by atoms with van der Waals surface area (Å²) in [4.78, 5) is 32.1. The number of rotatable bonds is 7. The third-order valence-corrected chi connectivity index (χ3v) is 2.75. The number of amides is 1. The molecule has 0 fully saturated rings. The second-order valence-electron chi connectivity index (χ2n) is 4.41. The number of nitro benzene ring substituents is 1. The Morgan fingerprint density at radius 2 is 1.95 bits per heavy atom. The molecule has 0 aliphatic rings. The molecule has 0 heterocycles. The summed E-state index contributed by atoms with van der Waals surface area (Å²) in [5.41, 5.74) is 1.05. The van der Waals surface area contributed by atoms with Gasteiger partial charge in [-0.1, -0.05) is 6.07 Å². The van der Waals surface area contributed by atoms with Crippen LogP contribution in [0.15, 0.2) is 18.2 Å². The molecule has 0 saturated heterocycles. The minimum atomic E-state index is -0.889. The molecule has 2 N–H and O–H groups in total. The molecule has 0 aliphatic carbocycles. The van der Waals surface area contributed by atoms with Crippen molar-refractivity contribution in [2.45, 2.75) is 32.6 Å². The summed E-state index contributed by atoms with van der Waals surface area (Å²) in [5, 5.41) is 21.7. The average Bonchev–Trinajstić information content (AvgIpc) is 2.37. The molecule has 1 aromatic rings. The Morgan fingerprint density at radius 1 is 1.30 bits per heavy atom. The zero-order valence-corrected chi connectivity index (χ0v) is 11.1. The van der Waals surface area contributed by atoms with E-state index in [2.05, 4.69) is 5.32 Å². The van der Waals surface area contributed by atoms with Gasteiger partial charge in [-0.2, -0.15) is 0 Å². The number of nitro groups is 1. The van der Waals surface area contributed by atoms with E-state index >= 15 is 0 Å². The van der Waals surface area contributed by atoms with E-state index in [1.807, 2.05) is 0 Å². The lowest BCUT2D eigenvalue weighted by molar-refractivity contribution is -0.384. The van der Waals surface area contributed by atoms with Crippen LogP contribution in [0.4, 0.5) is 11.4 Å². The van der Waals surface area contributed by atoms with Gasteiger partial charge in [0.05, 0.1) is 10.6 Å². The van der Waals surface area contributed by atoms with Crippen molar-refractivity contribution in [1.82, 2.24) is 0 Å². The fourth-order valence-corrected chi connectivity index (χ4v) is 1.63. The number of benzene rings is 1. The van der Waals surface area contributed by atoms with E-state index in [0.717, 1.165) is 5.56 Å².